The fraction of sp³-hybridized carbons (Fsp3) is 0.533. The van der Waals surface area contributed by atoms with Crippen molar-refractivity contribution in [3.63, 3.8) is 0 Å². The Hall–Kier alpha value is -1.71. The lowest BCUT2D eigenvalue weighted by Gasteiger charge is -2.38. The minimum Gasteiger partial charge on any atom is -0.466 e. The van der Waals surface area contributed by atoms with Crippen LogP contribution < -0.4 is 10.6 Å². The number of nitrogens with zero attached hydrogens (tertiary/aromatic N) is 1. The fourth-order valence-corrected chi connectivity index (χ4v) is 2.45. The molecule has 4 nitrogen and oxygen atoms in total. The first-order chi connectivity index (χ1) is 9.05. The highest BCUT2D eigenvalue weighted by molar-refractivity contribution is 5.77. The topological polar surface area (TPSA) is 55.6 Å². The Morgan fingerprint density at radius 2 is 1.89 bits per heavy atom. The van der Waals surface area contributed by atoms with Crippen LogP contribution in [0.4, 0.5) is 11.4 Å². The molecule has 1 heterocycles. The van der Waals surface area contributed by atoms with E-state index in [0.29, 0.717) is 6.61 Å². The number of carbonyl (C=O) groups excluding carboxylic acids is 1. The SMILES string of the molecule is CCOC(=O)C1(C)CCN(c2ccc(N)cc2)CC1. The van der Waals surface area contributed by atoms with E-state index < -0.39 is 0 Å². The molecule has 0 bridgehead atoms. The predicted octanol–water partition coefficient (Wildman–Crippen LogP) is 2.44. The van der Waals surface area contributed by atoms with Crippen LogP contribution in [0.5, 0.6) is 0 Å². The summed E-state index contributed by atoms with van der Waals surface area (Å²) >= 11 is 0. The first-order valence-electron chi connectivity index (χ1n) is 6.83. The van der Waals surface area contributed by atoms with E-state index in [0.717, 1.165) is 31.6 Å². The Morgan fingerprint density at radius 1 is 1.32 bits per heavy atom. The Morgan fingerprint density at radius 3 is 2.42 bits per heavy atom. The van der Waals surface area contributed by atoms with Crippen molar-refractivity contribution < 1.29 is 9.53 Å². The fourth-order valence-electron chi connectivity index (χ4n) is 2.45. The van der Waals surface area contributed by atoms with Crippen LogP contribution in [-0.2, 0) is 9.53 Å². The van der Waals surface area contributed by atoms with E-state index in [-0.39, 0.29) is 11.4 Å². The van der Waals surface area contributed by atoms with Crippen LogP contribution >= 0.6 is 0 Å². The highest BCUT2D eigenvalue weighted by Crippen LogP contribution is 2.34. The number of hydrogen-bond donors (Lipinski definition) is 1. The maximum Gasteiger partial charge on any atom is 0.311 e. The summed E-state index contributed by atoms with van der Waals surface area (Å²) in [6, 6.07) is 7.88. The highest BCUT2D eigenvalue weighted by Gasteiger charge is 2.38. The van der Waals surface area contributed by atoms with Gasteiger partial charge in [-0.25, -0.2) is 0 Å². The number of ether oxygens (including phenoxy) is 1. The molecule has 0 radical (unpaired) electrons. The lowest BCUT2D eigenvalue weighted by molar-refractivity contribution is -0.155. The van der Waals surface area contributed by atoms with Crippen LogP contribution in [0.25, 0.3) is 0 Å². The molecular weight excluding hydrogens is 240 g/mol. The van der Waals surface area contributed by atoms with Crippen molar-refractivity contribution in [2.45, 2.75) is 26.7 Å². The molecule has 19 heavy (non-hydrogen) atoms. The summed E-state index contributed by atoms with van der Waals surface area (Å²) in [6.07, 6.45) is 1.66. The first-order valence-corrected chi connectivity index (χ1v) is 6.83. The van der Waals surface area contributed by atoms with Crippen LogP contribution in [0.3, 0.4) is 0 Å². The van der Waals surface area contributed by atoms with E-state index in [4.69, 9.17) is 10.5 Å². The van der Waals surface area contributed by atoms with Gasteiger partial charge in [-0.3, -0.25) is 4.79 Å². The number of piperidine rings is 1. The van der Waals surface area contributed by atoms with Crippen LogP contribution in [0.1, 0.15) is 26.7 Å². The van der Waals surface area contributed by atoms with Crippen molar-refractivity contribution in [1.82, 2.24) is 0 Å². The third kappa shape index (κ3) is 3.00. The molecule has 1 saturated heterocycles. The smallest absolute Gasteiger partial charge is 0.311 e. The normalized spacial score (nSPS) is 18.1. The predicted molar refractivity (Wildman–Crippen MR) is 77.0 cm³/mol. The summed E-state index contributed by atoms with van der Waals surface area (Å²) in [5.41, 5.74) is 7.30. The lowest BCUT2D eigenvalue weighted by atomic mass is 9.80. The lowest BCUT2D eigenvalue weighted by Crippen LogP contribution is -2.43. The van der Waals surface area contributed by atoms with Crippen LogP contribution in [0, 0.1) is 5.41 Å². The molecule has 0 aromatic heterocycles. The minimum atomic E-state index is -0.333. The Balaban J connectivity index is 1.99. The molecule has 2 rings (SSSR count). The van der Waals surface area contributed by atoms with E-state index >= 15 is 0 Å². The third-order valence-corrected chi connectivity index (χ3v) is 3.89. The van der Waals surface area contributed by atoms with Crippen molar-refractivity contribution in [2.24, 2.45) is 5.41 Å². The number of carbonyl (C=O) groups is 1. The summed E-state index contributed by atoms with van der Waals surface area (Å²) in [4.78, 5) is 14.2. The molecular formula is C15H22N2O2. The van der Waals surface area contributed by atoms with Gasteiger partial charge in [-0.1, -0.05) is 0 Å². The second kappa shape index (κ2) is 5.51. The van der Waals surface area contributed by atoms with Gasteiger partial charge in [0.1, 0.15) is 0 Å². The van der Waals surface area contributed by atoms with Crippen molar-refractivity contribution in [2.75, 3.05) is 30.3 Å². The molecule has 2 N–H and O–H groups in total. The Bertz CT molecular complexity index is 434. The maximum absolute atomic E-state index is 12.0. The summed E-state index contributed by atoms with van der Waals surface area (Å²) < 4.78 is 5.17. The van der Waals surface area contributed by atoms with Crippen LogP contribution in [-0.4, -0.2) is 25.7 Å². The zero-order valence-corrected chi connectivity index (χ0v) is 11.7. The number of nitrogens with two attached hydrogens (primary N) is 1. The Kier molecular flexibility index (Phi) is 3.98. The molecule has 4 heteroatoms. The number of hydrogen-bond acceptors (Lipinski definition) is 4. The van der Waals surface area contributed by atoms with Gasteiger partial charge in [0.05, 0.1) is 12.0 Å². The number of anilines is 2. The van der Waals surface area contributed by atoms with Crippen LogP contribution in [0.15, 0.2) is 24.3 Å². The average molecular weight is 262 g/mol. The molecule has 1 aromatic rings. The number of nitrogen functional groups attached to an aromatic ring is 1. The van der Waals surface area contributed by atoms with Crippen LogP contribution in [0.2, 0.25) is 0 Å². The van der Waals surface area contributed by atoms with E-state index in [2.05, 4.69) is 4.90 Å². The molecule has 1 aliphatic rings. The van der Waals surface area contributed by atoms with E-state index in [1.54, 1.807) is 0 Å². The second-order valence-electron chi connectivity index (χ2n) is 5.36. The zero-order chi connectivity index (χ0) is 13.9. The van der Waals surface area contributed by atoms with E-state index in [1.807, 2.05) is 38.1 Å². The van der Waals surface area contributed by atoms with Gasteiger partial charge < -0.3 is 15.4 Å². The molecule has 0 atom stereocenters. The van der Waals surface area contributed by atoms with Gasteiger partial charge in [-0.05, 0) is 51.0 Å². The first kappa shape index (κ1) is 13.7. The number of benzene rings is 1. The zero-order valence-electron chi connectivity index (χ0n) is 11.7. The largest absolute Gasteiger partial charge is 0.466 e. The minimum absolute atomic E-state index is 0.0630. The second-order valence-corrected chi connectivity index (χ2v) is 5.36. The average Bonchev–Trinajstić information content (AvgIpc) is 2.41. The van der Waals surface area contributed by atoms with Gasteiger partial charge in [-0.15, -0.1) is 0 Å². The third-order valence-electron chi connectivity index (χ3n) is 3.89. The van der Waals surface area contributed by atoms with E-state index in [9.17, 15) is 4.79 Å². The number of rotatable bonds is 3. The van der Waals surface area contributed by atoms with Crippen molar-refractivity contribution >= 4 is 17.3 Å². The summed E-state index contributed by atoms with van der Waals surface area (Å²) in [5.74, 6) is -0.0630. The van der Waals surface area contributed by atoms with E-state index in [1.165, 1.54) is 5.69 Å². The van der Waals surface area contributed by atoms with Gasteiger partial charge in [-0.2, -0.15) is 0 Å². The van der Waals surface area contributed by atoms with Crippen molar-refractivity contribution in [3.05, 3.63) is 24.3 Å². The molecule has 0 amide bonds. The molecule has 104 valence electrons. The van der Waals surface area contributed by atoms with Gasteiger partial charge in [0.15, 0.2) is 0 Å². The van der Waals surface area contributed by atoms with Gasteiger partial charge in [0.2, 0.25) is 0 Å². The molecule has 1 aromatic carbocycles. The maximum atomic E-state index is 12.0. The molecule has 0 spiro atoms. The molecule has 1 aliphatic heterocycles. The Labute approximate surface area is 114 Å². The molecule has 0 saturated carbocycles. The van der Waals surface area contributed by atoms with Gasteiger partial charge in [0.25, 0.3) is 0 Å². The summed E-state index contributed by atoms with van der Waals surface area (Å²) in [6.45, 7) is 6.06. The summed E-state index contributed by atoms with van der Waals surface area (Å²) in [7, 11) is 0. The van der Waals surface area contributed by atoms with Crippen molar-refractivity contribution in [1.29, 1.82) is 0 Å². The van der Waals surface area contributed by atoms with Gasteiger partial charge >= 0.3 is 5.97 Å². The molecule has 0 aliphatic carbocycles. The molecule has 1 fully saturated rings. The van der Waals surface area contributed by atoms with Gasteiger partial charge in [0, 0.05) is 24.5 Å². The molecule has 0 unspecified atom stereocenters. The summed E-state index contributed by atoms with van der Waals surface area (Å²) in [5, 5.41) is 0. The highest BCUT2D eigenvalue weighted by atomic mass is 16.5. The quantitative estimate of drug-likeness (QED) is 0.671. The van der Waals surface area contributed by atoms with Crippen molar-refractivity contribution in [3.8, 4) is 0 Å². The monoisotopic (exact) mass is 262 g/mol. The number of esters is 1. The standard InChI is InChI=1S/C15H22N2O2/c1-3-19-14(18)15(2)8-10-17(11-9-15)13-6-4-12(16)5-7-13/h4-7H,3,8-11,16H2,1-2H3.